The molecule has 0 saturated heterocycles. The van der Waals surface area contributed by atoms with Crippen LogP contribution in [-0.2, 0) is 12.3 Å². The molecule has 0 aliphatic carbocycles. The molecule has 0 amide bonds. The van der Waals surface area contributed by atoms with Crippen LogP contribution in [0.1, 0.15) is 5.56 Å². The Morgan fingerprint density at radius 1 is 1.32 bits per heavy atom. The predicted octanol–water partition coefficient (Wildman–Crippen LogP) is 2.06. The van der Waals surface area contributed by atoms with E-state index in [0.717, 1.165) is 5.56 Å². The second-order valence-corrected chi connectivity index (χ2v) is 6.02. The molecular formula is C14H13ClN4O2S. The maximum Gasteiger partial charge on any atom is 0.262 e. The van der Waals surface area contributed by atoms with Gasteiger partial charge < -0.3 is 10.1 Å². The highest BCUT2D eigenvalue weighted by Gasteiger charge is 2.10. The number of benzene rings is 1. The highest BCUT2D eigenvalue weighted by atomic mass is 35.5. The van der Waals surface area contributed by atoms with Crippen molar-refractivity contribution < 1.29 is 5.11 Å². The van der Waals surface area contributed by atoms with Crippen molar-refractivity contribution in [1.29, 1.82) is 0 Å². The third kappa shape index (κ3) is 3.16. The van der Waals surface area contributed by atoms with Crippen LogP contribution < -0.4 is 5.56 Å². The number of nitrogens with one attached hydrogen (secondary N) is 1. The van der Waals surface area contributed by atoms with Crippen LogP contribution in [-0.4, -0.2) is 31.5 Å². The lowest BCUT2D eigenvalue weighted by molar-refractivity contribution is 0.271. The van der Waals surface area contributed by atoms with Gasteiger partial charge >= 0.3 is 0 Å². The number of hydrogen-bond acceptors (Lipinski definition) is 5. The topological polar surface area (TPSA) is 83.8 Å². The molecule has 0 bridgehead atoms. The van der Waals surface area contributed by atoms with Crippen molar-refractivity contribution in [1.82, 2.24) is 19.7 Å². The van der Waals surface area contributed by atoms with Crippen LogP contribution in [0.2, 0.25) is 5.02 Å². The number of H-pyrrole nitrogens is 1. The summed E-state index contributed by atoms with van der Waals surface area (Å²) < 4.78 is 1.52. The smallest absolute Gasteiger partial charge is 0.262 e. The van der Waals surface area contributed by atoms with Gasteiger partial charge in [-0.15, -0.1) is 0 Å². The van der Waals surface area contributed by atoms with Gasteiger partial charge in [-0.3, -0.25) is 4.79 Å². The molecule has 3 rings (SSSR count). The van der Waals surface area contributed by atoms with Gasteiger partial charge in [0.2, 0.25) is 0 Å². The first-order valence-electron chi connectivity index (χ1n) is 6.61. The van der Waals surface area contributed by atoms with E-state index >= 15 is 0 Å². The number of rotatable bonds is 5. The van der Waals surface area contributed by atoms with Crippen LogP contribution in [0.5, 0.6) is 0 Å². The van der Waals surface area contributed by atoms with Gasteiger partial charge in [-0.1, -0.05) is 35.5 Å². The van der Waals surface area contributed by atoms with Crippen LogP contribution in [0.25, 0.3) is 11.0 Å². The second kappa shape index (κ2) is 6.51. The van der Waals surface area contributed by atoms with E-state index in [2.05, 4.69) is 15.1 Å². The fourth-order valence-corrected chi connectivity index (χ4v) is 2.94. The maximum atomic E-state index is 12.0. The largest absolute Gasteiger partial charge is 0.394 e. The Morgan fingerprint density at radius 2 is 2.09 bits per heavy atom. The first-order valence-corrected chi connectivity index (χ1v) is 7.97. The first-order chi connectivity index (χ1) is 10.7. The Hall–Kier alpha value is -1.83. The summed E-state index contributed by atoms with van der Waals surface area (Å²) in [5.74, 6) is 0.666. The molecule has 0 saturated carbocycles. The van der Waals surface area contributed by atoms with Crippen molar-refractivity contribution in [3.8, 4) is 0 Å². The predicted molar refractivity (Wildman–Crippen MR) is 86.2 cm³/mol. The van der Waals surface area contributed by atoms with Crippen molar-refractivity contribution in [3.05, 3.63) is 51.4 Å². The van der Waals surface area contributed by atoms with Crippen molar-refractivity contribution in [2.75, 3.05) is 6.61 Å². The molecule has 0 aliphatic rings. The highest BCUT2D eigenvalue weighted by molar-refractivity contribution is 7.98. The number of fused-ring (bicyclic) bond motifs is 1. The number of hydrogen-bond donors (Lipinski definition) is 2. The van der Waals surface area contributed by atoms with E-state index in [9.17, 15) is 4.79 Å². The Balaban J connectivity index is 1.85. The molecule has 8 heteroatoms. The Labute approximate surface area is 135 Å². The van der Waals surface area contributed by atoms with Gasteiger partial charge in [-0.2, -0.15) is 5.10 Å². The third-order valence-corrected chi connectivity index (χ3v) is 4.28. The van der Waals surface area contributed by atoms with Gasteiger partial charge in [-0.25, -0.2) is 9.67 Å². The van der Waals surface area contributed by atoms with Crippen molar-refractivity contribution in [2.45, 2.75) is 17.5 Å². The third-order valence-electron chi connectivity index (χ3n) is 3.08. The number of nitrogens with zero attached hydrogens (tertiary/aromatic N) is 3. The molecule has 1 aromatic carbocycles. The summed E-state index contributed by atoms with van der Waals surface area (Å²) in [6.45, 7) is 0.250. The molecule has 0 spiro atoms. The molecule has 2 aromatic heterocycles. The molecule has 3 aromatic rings. The van der Waals surface area contributed by atoms with Crippen molar-refractivity contribution >= 4 is 34.4 Å². The van der Waals surface area contributed by atoms with E-state index in [4.69, 9.17) is 16.7 Å². The van der Waals surface area contributed by atoms with Gasteiger partial charge in [0.1, 0.15) is 5.39 Å². The Morgan fingerprint density at radius 3 is 2.82 bits per heavy atom. The zero-order valence-corrected chi connectivity index (χ0v) is 13.1. The van der Waals surface area contributed by atoms with Crippen LogP contribution in [0.15, 0.2) is 40.4 Å². The average molecular weight is 337 g/mol. The summed E-state index contributed by atoms with van der Waals surface area (Å²) >= 11 is 7.28. The molecule has 114 valence electrons. The fourth-order valence-electron chi connectivity index (χ4n) is 2.00. The lowest BCUT2D eigenvalue weighted by atomic mass is 10.2. The number of aliphatic hydroxyl groups is 1. The second-order valence-electron chi connectivity index (χ2n) is 4.61. The van der Waals surface area contributed by atoms with Gasteiger partial charge in [0.15, 0.2) is 10.8 Å². The van der Waals surface area contributed by atoms with Crippen LogP contribution in [0, 0.1) is 0 Å². The average Bonchev–Trinajstić information content (AvgIpc) is 2.91. The lowest BCUT2D eigenvalue weighted by Crippen LogP contribution is -2.11. The monoisotopic (exact) mass is 336 g/mol. The summed E-state index contributed by atoms with van der Waals surface area (Å²) in [5.41, 5.74) is 1.34. The number of aromatic nitrogens is 4. The summed E-state index contributed by atoms with van der Waals surface area (Å²) in [5, 5.41) is 14.7. The van der Waals surface area contributed by atoms with Crippen molar-refractivity contribution in [2.24, 2.45) is 0 Å². The van der Waals surface area contributed by atoms with Gasteiger partial charge in [0.25, 0.3) is 5.56 Å². The number of halogens is 1. The molecule has 2 N–H and O–H groups in total. The standard InChI is InChI=1S/C14H13ClN4O2S/c15-10-3-1-9(2-4-10)8-22-14-17-12-11(13(21)18-14)7-16-19(12)5-6-20/h1-4,7,20H,5-6,8H2,(H,17,18,21). The summed E-state index contributed by atoms with van der Waals surface area (Å²) in [4.78, 5) is 19.2. The summed E-state index contributed by atoms with van der Waals surface area (Å²) in [6, 6.07) is 7.52. The van der Waals surface area contributed by atoms with E-state index in [-0.39, 0.29) is 12.2 Å². The summed E-state index contributed by atoms with van der Waals surface area (Å²) in [6.07, 6.45) is 1.46. The molecule has 6 nitrogen and oxygen atoms in total. The van der Waals surface area contributed by atoms with E-state index in [1.165, 1.54) is 22.6 Å². The Bertz CT molecular complexity index is 844. The molecule has 22 heavy (non-hydrogen) atoms. The Kier molecular flexibility index (Phi) is 4.47. The molecular weight excluding hydrogens is 324 g/mol. The number of aliphatic hydroxyl groups excluding tert-OH is 1. The fraction of sp³-hybridized carbons (Fsp3) is 0.214. The van der Waals surface area contributed by atoms with Gasteiger partial charge in [0.05, 0.1) is 19.3 Å². The molecule has 0 atom stereocenters. The van der Waals surface area contributed by atoms with E-state index in [1.807, 2.05) is 24.3 Å². The van der Waals surface area contributed by atoms with Crippen LogP contribution >= 0.6 is 23.4 Å². The molecule has 0 aliphatic heterocycles. The molecule has 2 heterocycles. The summed E-state index contributed by atoms with van der Waals surface area (Å²) in [7, 11) is 0. The quantitative estimate of drug-likeness (QED) is 0.550. The van der Waals surface area contributed by atoms with Gasteiger partial charge in [0, 0.05) is 10.8 Å². The van der Waals surface area contributed by atoms with Crippen LogP contribution in [0.4, 0.5) is 0 Å². The lowest BCUT2D eigenvalue weighted by Gasteiger charge is -2.03. The number of thioether (sulfide) groups is 1. The highest BCUT2D eigenvalue weighted by Crippen LogP contribution is 2.21. The van der Waals surface area contributed by atoms with Gasteiger partial charge in [-0.05, 0) is 17.7 Å². The van der Waals surface area contributed by atoms with E-state index in [1.54, 1.807) is 0 Å². The SMILES string of the molecule is O=c1[nH]c(SCc2ccc(Cl)cc2)nc2c1cnn2CCO. The minimum absolute atomic E-state index is 0.0570. The van der Waals surface area contributed by atoms with Crippen molar-refractivity contribution in [3.63, 3.8) is 0 Å². The minimum atomic E-state index is -0.229. The number of aromatic amines is 1. The minimum Gasteiger partial charge on any atom is -0.394 e. The van der Waals surface area contributed by atoms with Crippen LogP contribution in [0.3, 0.4) is 0 Å². The normalized spacial score (nSPS) is 11.2. The first kappa shape index (κ1) is 15.1. The molecule has 0 fully saturated rings. The maximum absolute atomic E-state index is 12.0. The van der Waals surface area contributed by atoms with E-state index < -0.39 is 0 Å². The zero-order valence-electron chi connectivity index (χ0n) is 11.5. The molecule has 0 radical (unpaired) electrons. The zero-order chi connectivity index (χ0) is 15.5. The van der Waals surface area contributed by atoms with E-state index in [0.29, 0.717) is 33.5 Å². The molecule has 0 unspecified atom stereocenters.